The largest absolute Gasteiger partial charge is 0.519 e. The molecule has 0 saturated heterocycles. The van der Waals surface area contributed by atoms with Gasteiger partial charge in [0.25, 0.3) is 1.43 Å². The number of aromatic hydroxyl groups is 1. The van der Waals surface area contributed by atoms with E-state index in [1.807, 2.05) is 112 Å². The lowest BCUT2D eigenvalue weighted by Crippen LogP contribution is -2.63. The van der Waals surface area contributed by atoms with Crippen LogP contribution in [0.15, 0.2) is 158 Å². The monoisotopic (exact) mass is 1440 g/mol. The van der Waals surface area contributed by atoms with Crippen molar-refractivity contribution in [3.05, 3.63) is 208 Å². The first kappa shape index (κ1) is 74.5. The molecule has 0 spiro atoms. The van der Waals surface area contributed by atoms with Crippen LogP contribution in [0.4, 0.5) is 4.79 Å². The molecule has 3 unspecified atom stereocenters. The molecule has 0 amide bonds. The summed E-state index contributed by atoms with van der Waals surface area (Å²) >= 11 is 0. The molecule has 0 heterocycles. The van der Waals surface area contributed by atoms with Crippen LogP contribution >= 0.6 is 0 Å². The number of esters is 1. The van der Waals surface area contributed by atoms with Gasteiger partial charge in [0.1, 0.15) is 28.7 Å². The Balaban J connectivity index is 1.02. The van der Waals surface area contributed by atoms with Crippen LogP contribution in [-0.2, 0) is 62.7 Å². The van der Waals surface area contributed by atoms with Crippen molar-refractivity contribution < 1.29 is 66.9 Å². The summed E-state index contributed by atoms with van der Waals surface area (Å²) in [4.78, 5) is 26.4. The number of phenols is 1. The van der Waals surface area contributed by atoms with E-state index in [2.05, 4.69) is 151 Å². The fraction of sp³-hybridized carbons (Fsp3) is 0.397. The van der Waals surface area contributed by atoms with Crippen LogP contribution in [0, 0.1) is 13.8 Å². The molecule has 3 atom stereocenters. The number of hydrogen-bond acceptors (Lipinski definition) is 15. The minimum atomic E-state index is -3.29. The predicted molar refractivity (Wildman–Crippen MR) is 401 cm³/mol. The molecule has 8 rings (SSSR count). The summed E-state index contributed by atoms with van der Waals surface area (Å²) in [6.07, 6.45) is 3.04. The average molecular weight is 1450 g/mol. The lowest BCUT2D eigenvalue weighted by Gasteiger charge is -2.46. The van der Waals surface area contributed by atoms with Gasteiger partial charge in [0, 0.05) is 14.0 Å². The molecule has 23 heteroatoms. The second kappa shape index (κ2) is 31.2. The summed E-state index contributed by atoms with van der Waals surface area (Å²) in [6, 6.07) is 54.3. The standard InChI is InChI=1S/C73H102O15Si8/c1-55-46-48-61(53-70(55)77-4)73(65-41-25-23-39-63(65)64-40-24-26-42-66(64)73)62-49-47-56(2)71(54-62)81-72(76)80-69-45-29-22-35-60(69)38-31-50-94(17,82-89(6,7)8)85-92(13,14)86-96(19,51-30-36-58-33-20-27-43-67(58)75)88-93(15,16)87-95(18,84-91(11,12)83-90(9,10)78-5)52-32-37-59-34-21-28-44-68(59)79-57(3)74/h20-29,33-35,39-49,53-54,75H,30-32,36-38,50-52H2,1-19H3/i/hT. The summed E-state index contributed by atoms with van der Waals surface area (Å²) in [5.41, 5.74) is 10.2. The third kappa shape index (κ3) is 20.0. The van der Waals surface area contributed by atoms with Crippen molar-refractivity contribution in [1.29, 1.82) is 1.43 Å². The number of carbonyl (C=O) groups is 2. The minimum Gasteiger partial charge on any atom is -0.508 e. The summed E-state index contributed by atoms with van der Waals surface area (Å²) in [6.45, 7) is 34.8. The van der Waals surface area contributed by atoms with Crippen molar-refractivity contribution in [3.63, 3.8) is 0 Å². The number of rotatable bonds is 34. The Morgan fingerprint density at radius 2 is 0.812 bits per heavy atom. The van der Waals surface area contributed by atoms with Crippen LogP contribution in [0.2, 0.25) is 110 Å². The van der Waals surface area contributed by atoms with Gasteiger partial charge in [-0.2, -0.15) is 0 Å². The Kier molecular flexibility index (Phi) is 24.2. The fourth-order valence-corrected chi connectivity index (χ4v) is 53.0. The van der Waals surface area contributed by atoms with Crippen LogP contribution in [0.25, 0.3) is 11.1 Å². The van der Waals surface area contributed by atoms with E-state index in [1.54, 1.807) is 14.2 Å². The Hall–Kier alpha value is -5.70. The molecule has 15 nitrogen and oxygen atoms in total. The maximum Gasteiger partial charge on any atom is 0.519 e. The smallest absolute Gasteiger partial charge is 0.508 e. The number of para-hydroxylation sites is 3. The first-order chi connectivity index (χ1) is 45.5. The zero-order valence-electron chi connectivity index (χ0n) is 61.0. The van der Waals surface area contributed by atoms with Gasteiger partial charge in [-0.15, -0.1) is 0 Å². The van der Waals surface area contributed by atoms with E-state index in [9.17, 15) is 9.59 Å². The van der Waals surface area contributed by atoms with Crippen molar-refractivity contribution in [3.8, 4) is 39.9 Å². The van der Waals surface area contributed by atoms with E-state index >= 15 is 0 Å². The third-order valence-corrected chi connectivity index (χ3v) is 48.4. The van der Waals surface area contributed by atoms with Crippen LogP contribution in [0.1, 0.15) is 76.3 Å². The van der Waals surface area contributed by atoms with E-state index in [4.69, 9.17) is 58.7 Å². The van der Waals surface area contributed by atoms with Crippen molar-refractivity contribution in [2.24, 2.45) is 0 Å². The van der Waals surface area contributed by atoms with Crippen LogP contribution < -0.4 is 18.9 Å². The van der Waals surface area contributed by atoms with Crippen molar-refractivity contribution in [2.45, 2.75) is 175 Å². The van der Waals surface area contributed by atoms with Gasteiger partial charge in [-0.25, -0.2) is 4.79 Å². The summed E-state index contributed by atoms with van der Waals surface area (Å²) in [5, 5.41) is 5.06. The minimum absolute atomic E-state index is 0.373. The second-order valence-electron chi connectivity index (χ2n) is 28.5. The Bertz CT molecular complexity index is 3820. The first-order valence-electron chi connectivity index (χ1n) is 33.8. The van der Waals surface area contributed by atoms with Crippen molar-refractivity contribution >= 4 is 80.4 Å². The number of carbonyl (C=O) groups excluding carboxylic acids is 2. The van der Waals surface area contributed by atoms with Gasteiger partial charge in [0.15, 0.2) is 8.32 Å². The molecule has 7 aromatic carbocycles. The van der Waals surface area contributed by atoms with Gasteiger partial charge in [-0.1, -0.05) is 127 Å². The molecule has 0 aromatic heterocycles. The van der Waals surface area contributed by atoms with E-state index in [0.717, 1.165) is 66.9 Å². The quantitative estimate of drug-likeness (QED) is 0.0175. The molecule has 7 aromatic rings. The molecule has 0 fully saturated rings. The van der Waals surface area contributed by atoms with E-state index in [1.165, 1.54) is 6.92 Å². The summed E-state index contributed by atoms with van der Waals surface area (Å²) in [5.74, 6) is 2.27. The molecule has 1 N–H and O–H groups in total. The Morgan fingerprint density at radius 1 is 0.427 bits per heavy atom. The third-order valence-electron chi connectivity index (χ3n) is 17.0. The van der Waals surface area contributed by atoms with Gasteiger partial charge >= 0.3 is 72.1 Å². The van der Waals surface area contributed by atoms with Crippen LogP contribution in [0.3, 0.4) is 0 Å². The maximum absolute atomic E-state index is 14.3. The summed E-state index contributed by atoms with van der Waals surface area (Å²) in [7, 11) is -20.2. The van der Waals surface area contributed by atoms with Gasteiger partial charge < -0.3 is 57.3 Å². The molecule has 0 saturated carbocycles. The zero-order valence-corrected chi connectivity index (χ0v) is 68.0. The molecule has 1 aliphatic rings. The number of benzene rings is 7. The number of phenolic OH excluding ortho intramolecular Hbond substituents is 1. The van der Waals surface area contributed by atoms with E-state index in [-0.39, 0.29) is 5.97 Å². The van der Waals surface area contributed by atoms with Crippen molar-refractivity contribution in [2.75, 3.05) is 14.2 Å². The van der Waals surface area contributed by atoms with Gasteiger partial charge in [-0.3, -0.25) is 4.79 Å². The van der Waals surface area contributed by atoms with Gasteiger partial charge in [0.05, 0.1) is 12.5 Å². The molecule has 96 heavy (non-hydrogen) atoms. The highest BCUT2D eigenvalue weighted by molar-refractivity contribution is 6.92. The maximum atomic E-state index is 14.3. The predicted octanol–water partition coefficient (Wildman–Crippen LogP) is 18.7. The molecular formula is C73H102O15Si8. The second-order valence-corrected chi connectivity index (χ2v) is 58.3. The van der Waals surface area contributed by atoms with Crippen molar-refractivity contribution in [1.82, 2.24) is 0 Å². The highest BCUT2D eigenvalue weighted by atomic mass is 28.5. The lowest BCUT2D eigenvalue weighted by molar-refractivity contribution is -0.131. The summed E-state index contributed by atoms with van der Waals surface area (Å²) < 4.78 is 88.9. The first-order valence-corrected chi connectivity index (χ1v) is 55.6. The van der Waals surface area contributed by atoms with Crippen LogP contribution in [-0.4, -0.2) is 101 Å². The fourth-order valence-electron chi connectivity index (χ4n) is 13.8. The Labute approximate surface area is 581 Å². The van der Waals surface area contributed by atoms with Gasteiger partial charge in [-0.05, 0) is 254 Å². The molecule has 0 aliphatic heterocycles. The highest BCUT2D eigenvalue weighted by Crippen LogP contribution is 2.57. The van der Waals surface area contributed by atoms with E-state index < -0.39 is 79.8 Å². The molecule has 0 radical (unpaired) electrons. The topological polar surface area (TPSA) is 165 Å². The van der Waals surface area contributed by atoms with Gasteiger partial charge in [0.2, 0.25) is 0 Å². The van der Waals surface area contributed by atoms with Crippen LogP contribution in [0.5, 0.6) is 28.7 Å². The number of ether oxygens (including phenoxy) is 4. The zero-order chi connectivity index (χ0) is 70.8. The molecular weight excluding hydrogens is 1340 g/mol. The van der Waals surface area contributed by atoms with E-state index in [0.29, 0.717) is 79.7 Å². The average Bonchev–Trinajstić information content (AvgIpc) is 1.56. The number of aryl methyl sites for hydroxylation is 5. The molecule has 1 aliphatic carbocycles. The highest BCUT2D eigenvalue weighted by Gasteiger charge is 2.53. The molecule has 516 valence electrons. The SMILES string of the molecule is [3H]Oc1ccccc1CCC[Si](C)(O[Si](C)(C)O[Si](C)(CCCc1ccccc1OC(=O)Oc1cc(C2(c3ccc(C)c(OC)c3)c3ccccc3-c3ccccc32)ccc1C)O[Si](C)(C)C)O[Si](C)(C)O[Si](C)(CCCc1ccccc1OC(C)=O)O[Si](C)(C)O[Si](C)(C)OC. The lowest BCUT2D eigenvalue weighted by atomic mass is 9.67. The molecule has 0 bridgehead atoms. The number of methoxy groups -OCH3 is 1. The number of hydrogen-bond donors (Lipinski definition) is 1. The Morgan fingerprint density at radius 3 is 1.27 bits per heavy atom. The number of fused-ring (bicyclic) bond motifs is 3. The normalized spacial score (nSPS) is 15.3.